The van der Waals surface area contributed by atoms with Gasteiger partial charge in [-0.15, -0.1) is 11.8 Å². The van der Waals surface area contributed by atoms with Crippen molar-refractivity contribution in [3.05, 3.63) is 84.3 Å². The van der Waals surface area contributed by atoms with Crippen LogP contribution >= 0.6 is 11.8 Å². The standard InChI is InChI=1S/C25H24N2O5S/c1-30-19-11-9-18(10-12-19)21-16-22(23-8-5-14-31-23)27(26-21)24(28)17-32-25(29)13-15-33-20-6-3-2-4-7-20/h2-12,14,22H,13,15-17H2,1H3. The zero-order valence-corrected chi connectivity index (χ0v) is 19.0. The lowest BCUT2D eigenvalue weighted by molar-refractivity contribution is -0.152. The monoisotopic (exact) mass is 464 g/mol. The third-order valence-corrected chi connectivity index (χ3v) is 6.15. The predicted octanol–water partition coefficient (Wildman–Crippen LogP) is 4.69. The molecule has 0 N–H and O–H groups in total. The molecule has 1 atom stereocenters. The maximum atomic E-state index is 12.9. The van der Waals surface area contributed by atoms with Gasteiger partial charge in [0.25, 0.3) is 5.91 Å². The topological polar surface area (TPSA) is 81.3 Å². The van der Waals surface area contributed by atoms with Crippen molar-refractivity contribution in [2.75, 3.05) is 19.5 Å². The second kappa shape index (κ2) is 10.9. The number of esters is 1. The second-order valence-corrected chi connectivity index (χ2v) is 8.49. The lowest BCUT2D eigenvalue weighted by atomic mass is 10.0. The van der Waals surface area contributed by atoms with E-state index >= 15 is 0 Å². The number of amides is 1. The Bertz CT molecular complexity index is 1100. The molecule has 8 heteroatoms. The van der Waals surface area contributed by atoms with Crippen LogP contribution < -0.4 is 4.74 Å². The van der Waals surface area contributed by atoms with Crippen molar-refractivity contribution in [1.82, 2.24) is 5.01 Å². The third kappa shape index (κ3) is 5.84. The molecule has 1 unspecified atom stereocenters. The first-order chi connectivity index (χ1) is 16.1. The number of ether oxygens (including phenoxy) is 2. The van der Waals surface area contributed by atoms with Crippen LogP contribution in [-0.4, -0.2) is 42.1 Å². The predicted molar refractivity (Wildman–Crippen MR) is 125 cm³/mol. The molecule has 0 saturated heterocycles. The number of nitrogens with zero attached hydrogens (tertiary/aromatic N) is 2. The molecule has 2 aromatic carbocycles. The van der Waals surface area contributed by atoms with Crippen molar-refractivity contribution in [3.63, 3.8) is 0 Å². The molecule has 0 saturated carbocycles. The van der Waals surface area contributed by atoms with Crippen molar-refractivity contribution in [2.45, 2.75) is 23.8 Å². The number of carbonyl (C=O) groups is 2. The van der Waals surface area contributed by atoms with Gasteiger partial charge in [0.1, 0.15) is 17.6 Å². The van der Waals surface area contributed by atoms with E-state index in [0.29, 0.717) is 17.9 Å². The highest BCUT2D eigenvalue weighted by atomic mass is 32.2. The van der Waals surface area contributed by atoms with Crippen LogP contribution in [0, 0.1) is 0 Å². The molecule has 0 bridgehead atoms. The van der Waals surface area contributed by atoms with Gasteiger partial charge >= 0.3 is 5.97 Å². The number of methoxy groups -OCH3 is 1. The first kappa shape index (κ1) is 22.7. The number of thioether (sulfide) groups is 1. The molecule has 0 radical (unpaired) electrons. The summed E-state index contributed by atoms with van der Waals surface area (Å²) in [5.41, 5.74) is 1.63. The SMILES string of the molecule is COc1ccc(C2=NN(C(=O)COC(=O)CCSc3ccccc3)C(c3ccco3)C2)cc1. The van der Waals surface area contributed by atoms with Crippen LogP contribution in [0.3, 0.4) is 0 Å². The highest BCUT2D eigenvalue weighted by Gasteiger charge is 2.35. The van der Waals surface area contributed by atoms with E-state index in [0.717, 1.165) is 21.9 Å². The maximum absolute atomic E-state index is 12.9. The lowest BCUT2D eigenvalue weighted by Crippen LogP contribution is -2.31. The van der Waals surface area contributed by atoms with Gasteiger partial charge in [-0.1, -0.05) is 18.2 Å². The van der Waals surface area contributed by atoms with E-state index in [1.165, 1.54) is 5.01 Å². The first-order valence-electron chi connectivity index (χ1n) is 10.5. The number of carbonyl (C=O) groups excluding carboxylic acids is 2. The summed E-state index contributed by atoms with van der Waals surface area (Å²) in [7, 11) is 1.61. The van der Waals surface area contributed by atoms with E-state index in [2.05, 4.69) is 5.10 Å². The summed E-state index contributed by atoms with van der Waals surface area (Å²) in [4.78, 5) is 26.1. The molecule has 0 spiro atoms. The van der Waals surface area contributed by atoms with Gasteiger partial charge in [-0.3, -0.25) is 9.59 Å². The molecule has 2 heterocycles. The summed E-state index contributed by atoms with van der Waals surface area (Å²) in [6, 6.07) is 20.5. The van der Waals surface area contributed by atoms with Gasteiger partial charge in [-0.2, -0.15) is 5.10 Å². The number of benzene rings is 2. The summed E-state index contributed by atoms with van der Waals surface area (Å²) in [5.74, 6) is 1.13. The summed E-state index contributed by atoms with van der Waals surface area (Å²) < 4.78 is 16.0. The molecule has 7 nitrogen and oxygen atoms in total. The molecule has 0 fully saturated rings. The Morgan fingerprint density at radius 1 is 1.09 bits per heavy atom. The first-order valence-corrected chi connectivity index (χ1v) is 11.5. The van der Waals surface area contributed by atoms with Crippen molar-refractivity contribution < 1.29 is 23.5 Å². The van der Waals surface area contributed by atoms with E-state index in [1.54, 1.807) is 31.2 Å². The fraction of sp³-hybridized carbons (Fsp3) is 0.240. The fourth-order valence-electron chi connectivity index (χ4n) is 3.45. The Labute approximate surface area is 196 Å². The molecule has 1 aliphatic rings. The molecule has 3 aromatic rings. The quantitative estimate of drug-likeness (QED) is 0.338. The highest BCUT2D eigenvalue weighted by Crippen LogP contribution is 2.33. The maximum Gasteiger partial charge on any atom is 0.307 e. The summed E-state index contributed by atoms with van der Waals surface area (Å²) in [5, 5.41) is 5.89. The average Bonchev–Trinajstić information content (AvgIpc) is 3.53. The van der Waals surface area contributed by atoms with E-state index in [-0.39, 0.29) is 13.0 Å². The molecule has 1 aromatic heterocycles. The van der Waals surface area contributed by atoms with E-state index < -0.39 is 17.9 Å². The van der Waals surface area contributed by atoms with Gasteiger partial charge in [0.2, 0.25) is 0 Å². The highest BCUT2D eigenvalue weighted by molar-refractivity contribution is 7.99. The lowest BCUT2D eigenvalue weighted by Gasteiger charge is -2.19. The zero-order chi connectivity index (χ0) is 23.0. The van der Waals surface area contributed by atoms with Crippen molar-refractivity contribution in [3.8, 4) is 5.75 Å². The van der Waals surface area contributed by atoms with Crippen LogP contribution in [-0.2, 0) is 14.3 Å². The normalized spacial score (nSPS) is 15.2. The Morgan fingerprint density at radius 2 is 1.88 bits per heavy atom. The minimum Gasteiger partial charge on any atom is -0.497 e. The minimum atomic E-state index is -0.417. The molecule has 4 rings (SSSR count). The van der Waals surface area contributed by atoms with Crippen LogP contribution in [0.2, 0.25) is 0 Å². The van der Waals surface area contributed by atoms with E-state index in [9.17, 15) is 9.59 Å². The molecular formula is C25H24N2O5S. The number of hydrazone groups is 1. The third-order valence-electron chi connectivity index (χ3n) is 5.14. The van der Waals surface area contributed by atoms with Crippen LogP contribution in [0.5, 0.6) is 5.75 Å². The van der Waals surface area contributed by atoms with Gasteiger partial charge in [-0.25, -0.2) is 5.01 Å². The molecule has 0 aliphatic carbocycles. The van der Waals surface area contributed by atoms with Crippen LogP contribution in [0.15, 0.2) is 87.4 Å². The van der Waals surface area contributed by atoms with Crippen LogP contribution in [0.25, 0.3) is 0 Å². The van der Waals surface area contributed by atoms with Gasteiger partial charge in [0.05, 0.1) is 25.5 Å². The second-order valence-electron chi connectivity index (χ2n) is 7.32. The Balaban J connectivity index is 1.36. The van der Waals surface area contributed by atoms with E-state index in [1.807, 2.05) is 60.7 Å². The number of hydrogen-bond acceptors (Lipinski definition) is 7. The van der Waals surface area contributed by atoms with Crippen LogP contribution in [0.1, 0.15) is 30.2 Å². The number of furan rings is 1. The minimum absolute atomic E-state index is 0.217. The van der Waals surface area contributed by atoms with Crippen molar-refractivity contribution in [2.24, 2.45) is 5.10 Å². The van der Waals surface area contributed by atoms with Gasteiger partial charge < -0.3 is 13.9 Å². The van der Waals surface area contributed by atoms with Crippen molar-refractivity contribution >= 4 is 29.4 Å². The largest absolute Gasteiger partial charge is 0.497 e. The van der Waals surface area contributed by atoms with Crippen LogP contribution in [0.4, 0.5) is 0 Å². The molecular weight excluding hydrogens is 440 g/mol. The van der Waals surface area contributed by atoms with Gasteiger partial charge in [-0.05, 0) is 54.1 Å². The molecule has 33 heavy (non-hydrogen) atoms. The summed E-state index contributed by atoms with van der Waals surface area (Å²) in [6.07, 6.45) is 2.27. The molecule has 1 amide bonds. The molecule has 1 aliphatic heterocycles. The average molecular weight is 465 g/mol. The summed E-state index contributed by atoms with van der Waals surface area (Å²) >= 11 is 1.57. The number of hydrogen-bond donors (Lipinski definition) is 0. The van der Waals surface area contributed by atoms with Gasteiger partial charge in [0.15, 0.2) is 6.61 Å². The fourth-order valence-corrected chi connectivity index (χ4v) is 4.30. The van der Waals surface area contributed by atoms with E-state index in [4.69, 9.17) is 13.9 Å². The molecule has 170 valence electrons. The Morgan fingerprint density at radius 3 is 2.58 bits per heavy atom. The smallest absolute Gasteiger partial charge is 0.307 e. The zero-order valence-electron chi connectivity index (χ0n) is 18.2. The van der Waals surface area contributed by atoms with Gasteiger partial charge in [0, 0.05) is 17.1 Å². The summed E-state index contributed by atoms with van der Waals surface area (Å²) in [6.45, 7) is -0.370. The number of rotatable bonds is 9. The Kier molecular flexibility index (Phi) is 7.47. The Hall–Kier alpha value is -3.52. The van der Waals surface area contributed by atoms with Crippen molar-refractivity contribution in [1.29, 1.82) is 0 Å².